The second-order valence-corrected chi connectivity index (χ2v) is 3.24. The predicted molar refractivity (Wildman–Crippen MR) is 50.3 cm³/mol. The summed E-state index contributed by atoms with van der Waals surface area (Å²) in [5.41, 5.74) is 5.36. The fourth-order valence-corrected chi connectivity index (χ4v) is 1.24. The minimum atomic E-state index is -0.262. The fraction of sp³-hybridized carbons (Fsp3) is 0.889. The number of methoxy groups -OCH3 is 2. The first kappa shape index (κ1) is 12.4. The Bertz CT molecular complexity index is 155. The summed E-state index contributed by atoms with van der Waals surface area (Å²) in [7, 11) is 2.99. The smallest absolute Gasteiger partial charge is 0.306 e. The first-order valence-electron chi connectivity index (χ1n) is 4.40. The number of ether oxygens (including phenoxy) is 2. The van der Waals surface area contributed by atoms with E-state index < -0.39 is 0 Å². The molecular weight excluding hydrogens is 170 g/mol. The maximum absolute atomic E-state index is 11.1. The molecule has 1 atom stereocenters. The average Bonchev–Trinajstić information content (AvgIpc) is 2.17. The molecule has 2 N–H and O–H groups in total. The molecule has 0 heterocycles. The van der Waals surface area contributed by atoms with Gasteiger partial charge in [-0.25, -0.2) is 0 Å². The van der Waals surface area contributed by atoms with E-state index in [-0.39, 0.29) is 11.4 Å². The molecule has 13 heavy (non-hydrogen) atoms. The fourth-order valence-electron chi connectivity index (χ4n) is 1.24. The number of hydrogen-bond donors (Lipinski definition) is 1. The second-order valence-electron chi connectivity index (χ2n) is 3.24. The molecule has 0 aromatic heterocycles. The number of nitrogens with two attached hydrogens (primary N) is 1. The van der Waals surface area contributed by atoms with Crippen LogP contribution in [0.4, 0.5) is 0 Å². The molecule has 4 heteroatoms. The van der Waals surface area contributed by atoms with E-state index in [1.54, 1.807) is 7.11 Å². The summed E-state index contributed by atoms with van der Waals surface area (Å²) < 4.78 is 9.65. The molecule has 4 nitrogen and oxygen atoms in total. The van der Waals surface area contributed by atoms with E-state index in [4.69, 9.17) is 10.5 Å². The van der Waals surface area contributed by atoms with Gasteiger partial charge >= 0.3 is 5.97 Å². The van der Waals surface area contributed by atoms with Gasteiger partial charge in [-0.1, -0.05) is 6.92 Å². The zero-order valence-electron chi connectivity index (χ0n) is 8.63. The summed E-state index contributed by atoms with van der Waals surface area (Å²) in [4.78, 5) is 11.1. The molecule has 0 spiro atoms. The molecule has 0 aliphatic carbocycles. The average molecular weight is 189 g/mol. The third kappa shape index (κ3) is 3.74. The maximum Gasteiger partial charge on any atom is 0.306 e. The minimum Gasteiger partial charge on any atom is -0.469 e. The molecule has 0 aliphatic rings. The highest BCUT2D eigenvalue weighted by Gasteiger charge is 2.30. The van der Waals surface area contributed by atoms with Gasteiger partial charge in [0.05, 0.1) is 20.1 Å². The van der Waals surface area contributed by atoms with Gasteiger partial charge in [0.25, 0.3) is 0 Å². The van der Waals surface area contributed by atoms with Gasteiger partial charge in [-0.2, -0.15) is 0 Å². The molecule has 0 radical (unpaired) electrons. The normalized spacial score (nSPS) is 15.1. The van der Waals surface area contributed by atoms with E-state index in [0.717, 1.165) is 6.42 Å². The second kappa shape index (κ2) is 5.94. The SMILES string of the molecule is CCC(CN)(COC)CC(=O)OC. The molecule has 78 valence electrons. The first-order valence-corrected chi connectivity index (χ1v) is 4.40. The van der Waals surface area contributed by atoms with Crippen LogP contribution in [0.25, 0.3) is 0 Å². The van der Waals surface area contributed by atoms with Crippen LogP contribution < -0.4 is 5.73 Å². The highest BCUT2D eigenvalue weighted by molar-refractivity contribution is 5.70. The Hall–Kier alpha value is -0.610. The Kier molecular flexibility index (Phi) is 5.66. The van der Waals surface area contributed by atoms with E-state index in [1.807, 2.05) is 6.92 Å². The largest absolute Gasteiger partial charge is 0.469 e. The monoisotopic (exact) mass is 189 g/mol. The molecule has 1 unspecified atom stereocenters. The molecule has 0 aromatic rings. The summed E-state index contributed by atoms with van der Waals surface area (Å²) in [6.45, 7) is 2.93. The lowest BCUT2D eigenvalue weighted by Crippen LogP contribution is -2.37. The van der Waals surface area contributed by atoms with Crippen molar-refractivity contribution in [2.24, 2.45) is 11.1 Å². The van der Waals surface area contributed by atoms with Crippen LogP contribution in [0.2, 0.25) is 0 Å². The topological polar surface area (TPSA) is 61.5 Å². The molecule has 0 rings (SSSR count). The summed E-state index contributed by atoms with van der Waals surface area (Å²) in [6, 6.07) is 0. The van der Waals surface area contributed by atoms with E-state index >= 15 is 0 Å². The van der Waals surface area contributed by atoms with Crippen molar-refractivity contribution in [2.75, 3.05) is 27.4 Å². The lowest BCUT2D eigenvalue weighted by Gasteiger charge is -2.29. The Morgan fingerprint density at radius 1 is 1.46 bits per heavy atom. The number of carbonyl (C=O) groups is 1. The van der Waals surface area contributed by atoms with E-state index in [0.29, 0.717) is 19.6 Å². The van der Waals surface area contributed by atoms with Gasteiger partial charge in [-0.05, 0) is 6.42 Å². The van der Waals surface area contributed by atoms with Gasteiger partial charge < -0.3 is 15.2 Å². The Balaban J connectivity index is 4.28. The number of hydrogen-bond acceptors (Lipinski definition) is 4. The van der Waals surface area contributed by atoms with Crippen molar-refractivity contribution in [3.8, 4) is 0 Å². The van der Waals surface area contributed by atoms with E-state index in [9.17, 15) is 4.79 Å². The van der Waals surface area contributed by atoms with Crippen molar-refractivity contribution in [1.29, 1.82) is 0 Å². The molecule has 0 bridgehead atoms. The van der Waals surface area contributed by atoms with Crippen molar-refractivity contribution in [3.63, 3.8) is 0 Å². The number of esters is 1. The van der Waals surface area contributed by atoms with Gasteiger partial charge in [-0.3, -0.25) is 4.79 Å². The highest BCUT2D eigenvalue weighted by atomic mass is 16.5. The number of rotatable bonds is 6. The zero-order valence-corrected chi connectivity index (χ0v) is 8.63. The van der Waals surface area contributed by atoms with Crippen LogP contribution >= 0.6 is 0 Å². The minimum absolute atomic E-state index is 0.232. The van der Waals surface area contributed by atoms with Crippen molar-refractivity contribution < 1.29 is 14.3 Å². The number of carbonyl (C=O) groups excluding carboxylic acids is 1. The maximum atomic E-state index is 11.1. The molecule has 0 aromatic carbocycles. The molecule has 0 amide bonds. The van der Waals surface area contributed by atoms with Gasteiger partial charge in [0.2, 0.25) is 0 Å². The van der Waals surface area contributed by atoms with Crippen LogP contribution in [-0.2, 0) is 14.3 Å². The summed E-state index contributed by atoms with van der Waals surface area (Å²) in [5.74, 6) is -0.232. The van der Waals surface area contributed by atoms with Crippen LogP contribution in [0.1, 0.15) is 19.8 Å². The highest BCUT2D eigenvalue weighted by Crippen LogP contribution is 2.25. The Morgan fingerprint density at radius 3 is 2.38 bits per heavy atom. The van der Waals surface area contributed by atoms with E-state index in [1.165, 1.54) is 7.11 Å². The summed E-state index contributed by atoms with van der Waals surface area (Å²) >= 11 is 0. The van der Waals surface area contributed by atoms with Crippen molar-refractivity contribution in [2.45, 2.75) is 19.8 Å². The van der Waals surface area contributed by atoms with Gasteiger partial charge in [0.1, 0.15) is 0 Å². The molecule has 0 fully saturated rings. The molecule has 0 saturated heterocycles. The van der Waals surface area contributed by atoms with Crippen LogP contribution in [0, 0.1) is 5.41 Å². The third-order valence-electron chi connectivity index (χ3n) is 2.38. The standard InChI is InChI=1S/C9H19NO3/c1-4-9(6-10,7-12-2)5-8(11)13-3/h4-7,10H2,1-3H3. The zero-order chi connectivity index (χ0) is 10.3. The van der Waals surface area contributed by atoms with Crippen molar-refractivity contribution >= 4 is 5.97 Å². The summed E-state index contributed by atoms with van der Waals surface area (Å²) in [5, 5.41) is 0. The lowest BCUT2D eigenvalue weighted by atomic mass is 9.83. The van der Waals surface area contributed by atoms with E-state index in [2.05, 4.69) is 4.74 Å². The summed E-state index contributed by atoms with van der Waals surface area (Å²) in [6.07, 6.45) is 1.14. The third-order valence-corrected chi connectivity index (χ3v) is 2.38. The van der Waals surface area contributed by atoms with Gasteiger partial charge in [0.15, 0.2) is 0 Å². The molecular formula is C9H19NO3. The van der Waals surface area contributed by atoms with Crippen molar-refractivity contribution in [1.82, 2.24) is 0 Å². The Labute approximate surface area is 79.4 Å². The lowest BCUT2D eigenvalue weighted by molar-refractivity contribution is -0.144. The molecule has 0 saturated carbocycles. The van der Waals surface area contributed by atoms with Crippen molar-refractivity contribution in [3.05, 3.63) is 0 Å². The van der Waals surface area contributed by atoms with Gasteiger partial charge in [-0.15, -0.1) is 0 Å². The van der Waals surface area contributed by atoms with Crippen LogP contribution in [0.15, 0.2) is 0 Å². The van der Waals surface area contributed by atoms with Crippen LogP contribution in [0.3, 0.4) is 0 Å². The van der Waals surface area contributed by atoms with Gasteiger partial charge in [0, 0.05) is 19.1 Å². The predicted octanol–water partition coefficient (Wildman–Crippen LogP) is 0.551. The van der Waals surface area contributed by atoms with Crippen LogP contribution in [0.5, 0.6) is 0 Å². The quantitative estimate of drug-likeness (QED) is 0.620. The van der Waals surface area contributed by atoms with Crippen LogP contribution in [-0.4, -0.2) is 33.3 Å². The molecule has 0 aliphatic heterocycles. The first-order chi connectivity index (χ1) is 6.14. The Morgan fingerprint density at radius 2 is 2.08 bits per heavy atom.